The average Bonchev–Trinajstić information content (AvgIpc) is 2.37. The van der Waals surface area contributed by atoms with Crippen LogP contribution in [-0.4, -0.2) is 10.3 Å². The Kier molecular flexibility index (Phi) is 5.63. The summed E-state index contributed by atoms with van der Waals surface area (Å²) in [7, 11) is -0.0399. The van der Waals surface area contributed by atoms with Crippen LogP contribution in [0.1, 0.15) is 65.5 Å². The predicted molar refractivity (Wildman–Crippen MR) is 90.5 cm³/mol. The van der Waals surface area contributed by atoms with Crippen LogP contribution in [0.3, 0.4) is 0 Å². The van der Waals surface area contributed by atoms with Crippen molar-refractivity contribution in [3.05, 3.63) is 35.4 Å². The Balaban J connectivity index is 3.10. The van der Waals surface area contributed by atoms with Crippen molar-refractivity contribution in [3.63, 3.8) is 0 Å². The number of rotatable bonds is 6. The van der Waals surface area contributed by atoms with E-state index in [9.17, 15) is 0 Å². The minimum Gasteiger partial charge on any atom is -0.0906 e. The molecule has 0 saturated heterocycles. The number of benzene rings is 1. The third-order valence-electron chi connectivity index (χ3n) is 4.78. The molecule has 1 rings (SSSR count). The molecule has 0 spiro atoms. The van der Waals surface area contributed by atoms with Crippen LogP contribution in [0.15, 0.2) is 24.3 Å². The quantitative estimate of drug-likeness (QED) is 0.531. The lowest BCUT2D eigenvalue weighted by Crippen LogP contribution is -2.30. The van der Waals surface area contributed by atoms with Gasteiger partial charge in [0.15, 0.2) is 0 Å². The highest BCUT2D eigenvalue weighted by molar-refractivity contribution is 7.60. The molecule has 0 aliphatic rings. The molecule has 0 bridgehead atoms. The van der Waals surface area contributed by atoms with Crippen molar-refractivity contribution < 1.29 is 0 Å². The Morgan fingerprint density at radius 2 is 1.37 bits per heavy atom. The lowest BCUT2D eigenvalue weighted by molar-refractivity contribution is 0.601. The van der Waals surface area contributed by atoms with Crippen molar-refractivity contribution in [2.45, 2.75) is 77.8 Å². The molecule has 0 aliphatic heterocycles. The molecule has 0 radical (unpaired) electrons. The summed E-state index contributed by atoms with van der Waals surface area (Å²) in [6.45, 7) is 16.8. The summed E-state index contributed by atoms with van der Waals surface area (Å²) in [6.07, 6.45) is 3.81. The van der Waals surface area contributed by atoms with E-state index in [-0.39, 0.29) is 7.92 Å². The standard InChI is InChI=1S/C18H31P/c1-8-17(4,5)19(18(6,7)9-2)14-16-13-11-10-12-15(16)3/h10-13H,8-9,14H2,1-7H3. The summed E-state index contributed by atoms with van der Waals surface area (Å²) in [5, 5.41) is 0.911. The third-order valence-corrected chi connectivity index (χ3v) is 8.99. The van der Waals surface area contributed by atoms with Gasteiger partial charge in [-0.1, -0.05) is 73.7 Å². The van der Waals surface area contributed by atoms with Gasteiger partial charge in [-0.3, -0.25) is 0 Å². The molecule has 1 aromatic carbocycles. The van der Waals surface area contributed by atoms with Crippen LogP contribution in [0.5, 0.6) is 0 Å². The normalized spacial score (nSPS) is 13.1. The molecule has 108 valence electrons. The summed E-state index contributed by atoms with van der Waals surface area (Å²) in [5.41, 5.74) is 3.01. The van der Waals surface area contributed by atoms with Crippen molar-refractivity contribution in [3.8, 4) is 0 Å². The topological polar surface area (TPSA) is 0 Å². The zero-order chi connectivity index (χ0) is 14.7. The molecule has 1 aromatic rings. The summed E-state index contributed by atoms with van der Waals surface area (Å²) in [6, 6.07) is 8.91. The van der Waals surface area contributed by atoms with E-state index in [2.05, 4.69) is 72.7 Å². The largest absolute Gasteiger partial charge is 0.0906 e. The molecule has 0 aromatic heterocycles. The van der Waals surface area contributed by atoms with E-state index >= 15 is 0 Å². The molecule has 0 fully saturated rings. The Labute approximate surface area is 121 Å². The monoisotopic (exact) mass is 278 g/mol. The molecule has 1 heteroatoms. The first-order valence-corrected chi connectivity index (χ1v) is 9.09. The zero-order valence-corrected chi connectivity index (χ0v) is 14.8. The summed E-state index contributed by atoms with van der Waals surface area (Å²) in [4.78, 5) is 0. The first-order valence-electron chi connectivity index (χ1n) is 7.57. The highest BCUT2D eigenvalue weighted by atomic mass is 31.1. The van der Waals surface area contributed by atoms with Crippen LogP contribution < -0.4 is 0 Å². The Bertz CT molecular complexity index is 388. The second kappa shape index (κ2) is 6.40. The second-order valence-electron chi connectivity index (χ2n) is 6.84. The first-order chi connectivity index (χ1) is 8.74. The average molecular weight is 278 g/mol. The summed E-state index contributed by atoms with van der Waals surface area (Å²) >= 11 is 0. The Hall–Kier alpha value is -0.350. The molecular weight excluding hydrogens is 247 g/mol. The van der Waals surface area contributed by atoms with E-state index in [0.717, 1.165) is 0 Å². The van der Waals surface area contributed by atoms with Crippen molar-refractivity contribution in [2.75, 3.05) is 0 Å². The zero-order valence-electron chi connectivity index (χ0n) is 13.9. The van der Waals surface area contributed by atoms with E-state index in [1.807, 2.05) is 0 Å². The van der Waals surface area contributed by atoms with Gasteiger partial charge in [-0.2, -0.15) is 0 Å². The number of hydrogen-bond acceptors (Lipinski definition) is 0. The van der Waals surface area contributed by atoms with Gasteiger partial charge in [0.1, 0.15) is 0 Å². The van der Waals surface area contributed by atoms with Crippen LogP contribution in [0.4, 0.5) is 0 Å². The van der Waals surface area contributed by atoms with Crippen molar-refractivity contribution >= 4 is 7.92 Å². The lowest BCUT2D eigenvalue weighted by atomic mass is 10.1. The highest BCUT2D eigenvalue weighted by Crippen LogP contribution is 2.63. The van der Waals surface area contributed by atoms with Gasteiger partial charge in [-0.15, -0.1) is 0 Å². The number of aryl methyl sites for hydroxylation is 1. The van der Waals surface area contributed by atoms with Gasteiger partial charge < -0.3 is 0 Å². The fourth-order valence-corrected chi connectivity index (χ4v) is 6.54. The highest BCUT2D eigenvalue weighted by Gasteiger charge is 2.37. The molecule has 0 unspecified atom stereocenters. The second-order valence-corrected chi connectivity index (χ2v) is 10.4. The van der Waals surface area contributed by atoms with Crippen molar-refractivity contribution in [1.82, 2.24) is 0 Å². The fourth-order valence-electron chi connectivity index (χ4n) is 2.59. The summed E-state index contributed by atoms with van der Waals surface area (Å²) in [5.74, 6) is 0. The summed E-state index contributed by atoms with van der Waals surface area (Å²) < 4.78 is 0. The van der Waals surface area contributed by atoms with Crippen LogP contribution in [0.2, 0.25) is 0 Å². The van der Waals surface area contributed by atoms with Crippen LogP contribution in [-0.2, 0) is 6.16 Å². The van der Waals surface area contributed by atoms with Gasteiger partial charge in [-0.25, -0.2) is 0 Å². The van der Waals surface area contributed by atoms with E-state index in [4.69, 9.17) is 0 Å². The molecule has 0 amide bonds. The molecule has 0 atom stereocenters. The molecule has 0 heterocycles. The molecular formula is C18H31P. The maximum atomic E-state index is 2.47. The SMILES string of the molecule is CCC(C)(C)P(Cc1ccccc1C)C(C)(C)CC. The molecule has 0 saturated carbocycles. The maximum Gasteiger partial charge on any atom is -0.00609 e. The first kappa shape index (κ1) is 16.7. The van der Waals surface area contributed by atoms with E-state index in [1.165, 1.54) is 24.6 Å². The maximum absolute atomic E-state index is 2.47. The van der Waals surface area contributed by atoms with E-state index < -0.39 is 0 Å². The molecule has 19 heavy (non-hydrogen) atoms. The minimum absolute atomic E-state index is 0.0399. The predicted octanol–water partition coefficient (Wildman–Crippen LogP) is 6.35. The fraction of sp³-hybridized carbons (Fsp3) is 0.667. The number of hydrogen-bond donors (Lipinski definition) is 0. The van der Waals surface area contributed by atoms with Crippen molar-refractivity contribution in [2.24, 2.45) is 0 Å². The van der Waals surface area contributed by atoms with Gasteiger partial charge in [0.05, 0.1) is 0 Å². The van der Waals surface area contributed by atoms with E-state index in [0.29, 0.717) is 10.3 Å². The van der Waals surface area contributed by atoms with E-state index in [1.54, 1.807) is 5.56 Å². The van der Waals surface area contributed by atoms with Gasteiger partial charge in [0, 0.05) is 0 Å². The third kappa shape index (κ3) is 4.06. The van der Waals surface area contributed by atoms with Crippen LogP contribution in [0.25, 0.3) is 0 Å². The Morgan fingerprint density at radius 3 is 1.79 bits per heavy atom. The molecule has 0 aliphatic carbocycles. The van der Waals surface area contributed by atoms with Gasteiger partial charge in [0.2, 0.25) is 0 Å². The van der Waals surface area contributed by atoms with Crippen LogP contribution >= 0.6 is 7.92 Å². The molecule has 0 nitrogen and oxygen atoms in total. The van der Waals surface area contributed by atoms with Gasteiger partial charge in [0.25, 0.3) is 0 Å². The van der Waals surface area contributed by atoms with Crippen molar-refractivity contribution in [1.29, 1.82) is 0 Å². The van der Waals surface area contributed by atoms with Gasteiger partial charge in [-0.05, 0) is 47.4 Å². The Morgan fingerprint density at radius 1 is 0.895 bits per heavy atom. The minimum atomic E-state index is -0.0399. The molecule has 0 N–H and O–H groups in total. The van der Waals surface area contributed by atoms with Gasteiger partial charge >= 0.3 is 0 Å². The van der Waals surface area contributed by atoms with Crippen LogP contribution in [0, 0.1) is 6.92 Å². The lowest BCUT2D eigenvalue weighted by Gasteiger charge is -2.45. The smallest absolute Gasteiger partial charge is 0.00609 e.